The van der Waals surface area contributed by atoms with E-state index in [0.29, 0.717) is 11.8 Å². The number of anilines is 1. The molecule has 0 aromatic heterocycles. The number of carbonyl (C=O) groups is 1. The van der Waals surface area contributed by atoms with Crippen LogP contribution in [0.25, 0.3) is 0 Å². The molecule has 0 spiro atoms. The van der Waals surface area contributed by atoms with Gasteiger partial charge < -0.3 is 10.4 Å². The quantitative estimate of drug-likeness (QED) is 0.828. The molecular formula is C24H34N2O2. The normalized spacial score (nSPS) is 39.5. The summed E-state index contributed by atoms with van der Waals surface area (Å²) >= 11 is 0. The van der Waals surface area contributed by atoms with Crippen molar-refractivity contribution in [2.24, 2.45) is 11.8 Å². The smallest absolute Gasteiger partial charge is 0.241 e. The van der Waals surface area contributed by atoms with E-state index in [1.54, 1.807) is 0 Å². The van der Waals surface area contributed by atoms with E-state index in [-0.39, 0.29) is 17.5 Å². The third-order valence-corrected chi connectivity index (χ3v) is 8.09. The van der Waals surface area contributed by atoms with Crippen molar-refractivity contribution < 1.29 is 9.90 Å². The van der Waals surface area contributed by atoms with Crippen LogP contribution in [-0.2, 0) is 4.79 Å². The average Bonchev–Trinajstić information content (AvgIpc) is 3.06. The third-order valence-electron chi connectivity index (χ3n) is 8.09. The van der Waals surface area contributed by atoms with E-state index in [9.17, 15) is 9.90 Å². The summed E-state index contributed by atoms with van der Waals surface area (Å²) in [6.45, 7) is 7.26. The summed E-state index contributed by atoms with van der Waals surface area (Å²) in [7, 11) is 0. The molecule has 2 N–H and O–H groups in total. The Balaban J connectivity index is 1.40. The van der Waals surface area contributed by atoms with Gasteiger partial charge in [-0.05, 0) is 102 Å². The molecular weight excluding hydrogens is 348 g/mol. The second kappa shape index (κ2) is 6.30. The monoisotopic (exact) mass is 382 g/mol. The zero-order valence-electron chi connectivity index (χ0n) is 17.6. The Hall–Kier alpha value is -1.39. The number of amides is 1. The van der Waals surface area contributed by atoms with Crippen LogP contribution >= 0.6 is 0 Å². The Morgan fingerprint density at radius 3 is 2.36 bits per heavy atom. The van der Waals surface area contributed by atoms with Gasteiger partial charge in [0.2, 0.25) is 5.91 Å². The first-order chi connectivity index (χ1) is 13.3. The fraction of sp³-hybridized carbons (Fsp3) is 0.708. The maximum Gasteiger partial charge on any atom is 0.241 e. The van der Waals surface area contributed by atoms with Gasteiger partial charge in [-0.3, -0.25) is 9.69 Å². The number of carbonyl (C=O) groups excluding carboxylic acids is 1. The standard InChI is InChI=1S/C24H34N2O2/c1-15-7-16(2)21(17(3)8-15)25-22(27)20-5-4-6-26(20)23-10-18-9-19(11-23)13-24(28,12-18)14-23/h7-8,18-20,28H,4-6,9-14H2,1-3H3,(H,25,27)/t18-,19-,20+,23?,24?/m1/s1. The van der Waals surface area contributed by atoms with Crippen LogP contribution < -0.4 is 5.32 Å². The summed E-state index contributed by atoms with van der Waals surface area (Å²) in [5, 5.41) is 14.4. The Morgan fingerprint density at radius 2 is 1.75 bits per heavy atom. The molecule has 4 heteroatoms. The maximum absolute atomic E-state index is 13.4. The van der Waals surface area contributed by atoms with Gasteiger partial charge in [-0.25, -0.2) is 0 Å². The summed E-state index contributed by atoms with van der Waals surface area (Å²) in [5.74, 6) is 1.45. The number of aliphatic hydroxyl groups is 1. The van der Waals surface area contributed by atoms with E-state index in [2.05, 4.69) is 43.1 Å². The van der Waals surface area contributed by atoms with Crippen LogP contribution in [0.2, 0.25) is 0 Å². The topological polar surface area (TPSA) is 52.6 Å². The molecule has 152 valence electrons. The van der Waals surface area contributed by atoms with Gasteiger partial charge in [0.05, 0.1) is 11.6 Å². The molecule has 1 heterocycles. The number of hydrogen-bond acceptors (Lipinski definition) is 3. The van der Waals surface area contributed by atoms with Crippen molar-refractivity contribution in [3.8, 4) is 0 Å². The van der Waals surface area contributed by atoms with E-state index in [4.69, 9.17) is 0 Å². The molecule has 0 radical (unpaired) electrons. The largest absolute Gasteiger partial charge is 0.390 e. The molecule has 1 amide bonds. The minimum absolute atomic E-state index is 0.0503. The highest BCUT2D eigenvalue weighted by Crippen LogP contribution is 2.60. The SMILES string of the molecule is Cc1cc(C)c(NC(=O)[C@@H]2CCCN2C23C[C@H]4C[C@@H](CC(O)(C4)C2)C3)c(C)c1. The summed E-state index contributed by atoms with van der Waals surface area (Å²) in [4.78, 5) is 15.9. The fourth-order valence-electron chi connectivity index (χ4n) is 7.69. The summed E-state index contributed by atoms with van der Waals surface area (Å²) in [5.41, 5.74) is 4.06. The van der Waals surface area contributed by atoms with E-state index in [1.807, 2.05) is 0 Å². The molecule has 0 unspecified atom stereocenters. The summed E-state index contributed by atoms with van der Waals surface area (Å²) in [6, 6.07) is 4.23. The lowest BCUT2D eigenvalue weighted by Crippen LogP contribution is -2.67. The highest BCUT2D eigenvalue weighted by molar-refractivity contribution is 5.96. The Labute approximate surface area is 168 Å². The van der Waals surface area contributed by atoms with Crippen molar-refractivity contribution in [2.45, 2.75) is 89.3 Å². The van der Waals surface area contributed by atoms with Crippen LogP contribution in [0.3, 0.4) is 0 Å². The van der Waals surface area contributed by atoms with E-state index in [0.717, 1.165) is 55.5 Å². The zero-order valence-corrected chi connectivity index (χ0v) is 17.6. The molecule has 6 rings (SSSR count). The zero-order chi connectivity index (χ0) is 19.7. The molecule has 4 nitrogen and oxygen atoms in total. The Morgan fingerprint density at radius 1 is 1.11 bits per heavy atom. The number of nitrogens with one attached hydrogen (secondary N) is 1. The van der Waals surface area contributed by atoms with Gasteiger partial charge in [0, 0.05) is 11.2 Å². The van der Waals surface area contributed by atoms with E-state index < -0.39 is 5.60 Å². The van der Waals surface area contributed by atoms with Crippen LogP contribution in [0.1, 0.15) is 68.1 Å². The first kappa shape index (κ1) is 18.6. The number of hydrogen-bond donors (Lipinski definition) is 2. The lowest BCUT2D eigenvalue weighted by molar-refractivity contribution is -0.179. The van der Waals surface area contributed by atoms with Crippen molar-refractivity contribution >= 4 is 11.6 Å². The number of benzene rings is 1. The first-order valence-electron chi connectivity index (χ1n) is 11.1. The van der Waals surface area contributed by atoms with Gasteiger partial charge in [0.15, 0.2) is 0 Å². The predicted molar refractivity (Wildman–Crippen MR) is 111 cm³/mol. The van der Waals surface area contributed by atoms with Crippen molar-refractivity contribution in [2.75, 3.05) is 11.9 Å². The van der Waals surface area contributed by atoms with Gasteiger partial charge >= 0.3 is 0 Å². The van der Waals surface area contributed by atoms with E-state index in [1.165, 1.54) is 24.8 Å². The van der Waals surface area contributed by atoms with Crippen LogP contribution in [0.15, 0.2) is 12.1 Å². The minimum atomic E-state index is -0.474. The number of aryl methyl sites for hydroxylation is 3. The van der Waals surface area contributed by atoms with Crippen molar-refractivity contribution in [1.82, 2.24) is 4.90 Å². The molecule has 1 aromatic rings. The van der Waals surface area contributed by atoms with Crippen LogP contribution in [0.4, 0.5) is 5.69 Å². The van der Waals surface area contributed by atoms with Gasteiger partial charge in [0.25, 0.3) is 0 Å². The number of nitrogens with zero attached hydrogens (tertiary/aromatic N) is 1. The van der Waals surface area contributed by atoms with Crippen molar-refractivity contribution in [3.63, 3.8) is 0 Å². The second-order valence-corrected chi connectivity index (χ2v) is 10.5. The Kier molecular flexibility index (Phi) is 4.19. The number of likely N-dealkylation sites (tertiary alicyclic amines) is 1. The van der Waals surface area contributed by atoms with Crippen LogP contribution in [0, 0.1) is 32.6 Å². The molecule has 4 bridgehead atoms. The molecule has 3 atom stereocenters. The molecule has 5 fully saturated rings. The molecule has 1 saturated heterocycles. The summed E-state index contributed by atoms with van der Waals surface area (Å²) in [6.07, 6.45) is 8.51. The van der Waals surface area contributed by atoms with Gasteiger partial charge in [-0.15, -0.1) is 0 Å². The van der Waals surface area contributed by atoms with Gasteiger partial charge in [-0.1, -0.05) is 17.7 Å². The highest BCUT2D eigenvalue weighted by Gasteiger charge is 2.60. The van der Waals surface area contributed by atoms with Crippen LogP contribution in [0.5, 0.6) is 0 Å². The second-order valence-electron chi connectivity index (χ2n) is 10.5. The molecule has 5 aliphatic rings. The molecule has 1 aliphatic heterocycles. The fourth-order valence-corrected chi connectivity index (χ4v) is 7.69. The lowest BCUT2D eigenvalue weighted by atomic mass is 9.50. The molecule has 4 saturated carbocycles. The van der Waals surface area contributed by atoms with Gasteiger partial charge in [0.1, 0.15) is 0 Å². The number of rotatable bonds is 3. The summed E-state index contributed by atoms with van der Waals surface area (Å²) < 4.78 is 0. The molecule has 4 aliphatic carbocycles. The minimum Gasteiger partial charge on any atom is -0.390 e. The van der Waals surface area contributed by atoms with Crippen molar-refractivity contribution in [3.05, 3.63) is 28.8 Å². The average molecular weight is 383 g/mol. The van der Waals surface area contributed by atoms with E-state index >= 15 is 0 Å². The predicted octanol–water partition coefficient (Wildman–Crippen LogP) is 4.10. The third kappa shape index (κ3) is 2.91. The maximum atomic E-state index is 13.4. The Bertz CT molecular complexity index is 780. The van der Waals surface area contributed by atoms with Crippen molar-refractivity contribution in [1.29, 1.82) is 0 Å². The lowest BCUT2D eigenvalue weighted by Gasteiger charge is -2.63. The van der Waals surface area contributed by atoms with Crippen LogP contribution in [-0.4, -0.2) is 39.6 Å². The molecule has 1 aromatic carbocycles. The highest BCUT2D eigenvalue weighted by atomic mass is 16.3. The first-order valence-corrected chi connectivity index (χ1v) is 11.1. The molecule has 28 heavy (non-hydrogen) atoms. The van der Waals surface area contributed by atoms with Gasteiger partial charge in [-0.2, -0.15) is 0 Å².